The molecule has 1 saturated heterocycles. The molecule has 1 heterocycles. The van der Waals surface area contributed by atoms with Gasteiger partial charge < -0.3 is 20.8 Å². The Kier molecular flexibility index (Phi) is 3.94. The lowest BCUT2D eigenvalue weighted by atomic mass is 9.90. The lowest BCUT2D eigenvalue weighted by molar-refractivity contribution is 0.148. The summed E-state index contributed by atoms with van der Waals surface area (Å²) in [4.78, 5) is 0. The zero-order valence-corrected chi connectivity index (χ0v) is 7.34. The molecule has 0 amide bonds. The number of hydrogen-bond donors (Lipinski definition) is 4. The van der Waals surface area contributed by atoms with E-state index in [1.165, 1.54) is 0 Å². The van der Waals surface area contributed by atoms with Crippen LogP contribution in [0.2, 0.25) is 0 Å². The standard InChI is InChI=1S/C8H18N2O2/c11-5-1-8(2-6-12)7-9-3-4-10-8/h9-12H,1-7H2. The van der Waals surface area contributed by atoms with Gasteiger partial charge in [-0.2, -0.15) is 0 Å². The average molecular weight is 174 g/mol. The minimum absolute atomic E-state index is 0.0816. The summed E-state index contributed by atoms with van der Waals surface area (Å²) in [7, 11) is 0. The number of aliphatic hydroxyl groups excluding tert-OH is 2. The van der Waals surface area contributed by atoms with Crippen molar-refractivity contribution < 1.29 is 10.2 Å². The third-order valence-electron chi connectivity index (χ3n) is 2.45. The van der Waals surface area contributed by atoms with Gasteiger partial charge in [-0.05, 0) is 12.8 Å². The van der Waals surface area contributed by atoms with Crippen LogP contribution in [-0.2, 0) is 0 Å². The second-order valence-corrected chi connectivity index (χ2v) is 3.33. The van der Waals surface area contributed by atoms with Gasteiger partial charge in [-0.25, -0.2) is 0 Å². The number of nitrogens with one attached hydrogen (secondary N) is 2. The van der Waals surface area contributed by atoms with E-state index < -0.39 is 0 Å². The maximum atomic E-state index is 8.86. The fourth-order valence-corrected chi connectivity index (χ4v) is 1.71. The van der Waals surface area contributed by atoms with Crippen LogP contribution >= 0.6 is 0 Å². The molecule has 0 atom stereocenters. The molecule has 4 nitrogen and oxygen atoms in total. The minimum Gasteiger partial charge on any atom is -0.396 e. The molecule has 4 N–H and O–H groups in total. The molecular weight excluding hydrogens is 156 g/mol. The Bertz CT molecular complexity index is 109. The molecule has 1 fully saturated rings. The molecule has 0 bridgehead atoms. The summed E-state index contributed by atoms with van der Waals surface area (Å²) >= 11 is 0. The van der Waals surface area contributed by atoms with E-state index in [1.807, 2.05) is 0 Å². The zero-order valence-electron chi connectivity index (χ0n) is 7.34. The van der Waals surface area contributed by atoms with Crippen LogP contribution in [0.4, 0.5) is 0 Å². The van der Waals surface area contributed by atoms with E-state index in [-0.39, 0.29) is 18.8 Å². The smallest absolute Gasteiger partial charge is 0.0449 e. The van der Waals surface area contributed by atoms with Gasteiger partial charge in [-0.3, -0.25) is 0 Å². The summed E-state index contributed by atoms with van der Waals surface area (Å²) in [6.07, 6.45) is 1.42. The monoisotopic (exact) mass is 174 g/mol. The highest BCUT2D eigenvalue weighted by Crippen LogP contribution is 2.15. The highest BCUT2D eigenvalue weighted by atomic mass is 16.3. The van der Waals surface area contributed by atoms with Crippen LogP contribution in [-0.4, -0.2) is 48.6 Å². The quantitative estimate of drug-likeness (QED) is 0.427. The lowest BCUT2D eigenvalue weighted by Crippen LogP contribution is -2.59. The number of rotatable bonds is 4. The van der Waals surface area contributed by atoms with Crippen molar-refractivity contribution in [1.29, 1.82) is 0 Å². The van der Waals surface area contributed by atoms with Crippen LogP contribution in [0.15, 0.2) is 0 Å². The number of hydrogen-bond acceptors (Lipinski definition) is 4. The summed E-state index contributed by atoms with van der Waals surface area (Å²) < 4.78 is 0. The van der Waals surface area contributed by atoms with E-state index in [0.29, 0.717) is 12.8 Å². The van der Waals surface area contributed by atoms with Crippen molar-refractivity contribution in [3.8, 4) is 0 Å². The van der Waals surface area contributed by atoms with Gasteiger partial charge in [-0.15, -0.1) is 0 Å². The van der Waals surface area contributed by atoms with Gasteiger partial charge in [0.25, 0.3) is 0 Å². The minimum atomic E-state index is -0.0816. The maximum Gasteiger partial charge on any atom is 0.0449 e. The zero-order chi connectivity index (χ0) is 8.86. The van der Waals surface area contributed by atoms with Crippen molar-refractivity contribution >= 4 is 0 Å². The molecule has 1 aliphatic heterocycles. The molecule has 0 saturated carbocycles. The number of piperazine rings is 1. The van der Waals surface area contributed by atoms with E-state index in [0.717, 1.165) is 19.6 Å². The van der Waals surface area contributed by atoms with Crippen LogP contribution < -0.4 is 10.6 Å². The second-order valence-electron chi connectivity index (χ2n) is 3.33. The predicted octanol–water partition coefficient (Wildman–Crippen LogP) is -1.32. The first-order chi connectivity index (χ1) is 5.83. The van der Waals surface area contributed by atoms with Crippen LogP contribution in [0.1, 0.15) is 12.8 Å². The summed E-state index contributed by atoms with van der Waals surface area (Å²) in [6, 6.07) is 0. The summed E-state index contributed by atoms with van der Waals surface area (Å²) in [5.74, 6) is 0. The van der Waals surface area contributed by atoms with Crippen molar-refractivity contribution in [2.75, 3.05) is 32.8 Å². The molecule has 0 aromatic heterocycles. The molecule has 0 spiro atoms. The highest BCUT2D eigenvalue weighted by Gasteiger charge is 2.29. The van der Waals surface area contributed by atoms with E-state index in [2.05, 4.69) is 10.6 Å². The van der Waals surface area contributed by atoms with Crippen molar-refractivity contribution in [2.45, 2.75) is 18.4 Å². The summed E-state index contributed by atoms with van der Waals surface area (Å²) in [5.41, 5.74) is -0.0816. The fraction of sp³-hybridized carbons (Fsp3) is 1.00. The first-order valence-electron chi connectivity index (χ1n) is 4.50. The Hall–Kier alpha value is -0.160. The van der Waals surface area contributed by atoms with E-state index in [9.17, 15) is 0 Å². The molecule has 0 aromatic carbocycles. The SMILES string of the molecule is OCCC1(CCO)CNCCN1. The molecule has 0 unspecified atom stereocenters. The molecule has 12 heavy (non-hydrogen) atoms. The van der Waals surface area contributed by atoms with Gasteiger partial charge in [0, 0.05) is 38.4 Å². The Labute approximate surface area is 73.0 Å². The Morgan fingerprint density at radius 3 is 2.17 bits per heavy atom. The van der Waals surface area contributed by atoms with E-state index in [4.69, 9.17) is 10.2 Å². The highest BCUT2D eigenvalue weighted by molar-refractivity contribution is 4.92. The van der Waals surface area contributed by atoms with Crippen molar-refractivity contribution in [1.82, 2.24) is 10.6 Å². The van der Waals surface area contributed by atoms with Gasteiger partial charge in [0.2, 0.25) is 0 Å². The van der Waals surface area contributed by atoms with Crippen LogP contribution in [0, 0.1) is 0 Å². The lowest BCUT2D eigenvalue weighted by Gasteiger charge is -2.38. The normalized spacial score (nSPS) is 22.5. The summed E-state index contributed by atoms with van der Waals surface area (Å²) in [6.45, 7) is 3.08. The summed E-state index contributed by atoms with van der Waals surface area (Å²) in [5, 5.41) is 24.3. The van der Waals surface area contributed by atoms with Crippen LogP contribution in [0.5, 0.6) is 0 Å². The van der Waals surface area contributed by atoms with Gasteiger partial charge in [0.15, 0.2) is 0 Å². The third kappa shape index (κ3) is 2.42. The van der Waals surface area contributed by atoms with Gasteiger partial charge >= 0.3 is 0 Å². The van der Waals surface area contributed by atoms with E-state index >= 15 is 0 Å². The van der Waals surface area contributed by atoms with Gasteiger partial charge in [0.1, 0.15) is 0 Å². The molecule has 72 valence electrons. The van der Waals surface area contributed by atoms with E-state index in [1.54, 1.807) is 0 Å². The average Bonchev–Trinajstić information content (AvgIpc) is 2.07. The molecule has 0 radical (unpaired) electrons. The van der Waals surface area contributed by atoms with Gasteiger partial charge in [-0.1, -0.05) is 0 Å². The predicted molar refractivity (Wildman–Crippen MR) is 47.0 cm³/mol. The Balaban J connectivity index is 2.44. The fourth-order valence-electron chi connectivity index (χ4n) is 1.71. The van der Waals surface area contributed by atoms with Crippen molar-refractivity contribution in [3.05, 3.63) is 0 Å². The molecule has 0 aliphatic carbocycles. The van der Waals surface area contributed by atoms with Crippen LogP contribution in [0.25, 0.3) is 0 Å². The Morgan fingerprint density at radius 1 is 1.08 bits per heavy atom. The van der Waals surface area contributed by atoms with Crippen molar-refractivity contribution in [3.63, 3.8) is 0 Å². The van der Waals surface area contributed by atoms with Crippen LogP contribution in [0.3, 0.4) is 0 Å². The molecule has 0 aromatic rings. The Morgan fingerprint density at radius 2 is 1.75 bits per heavy atom. The van der Waals surface area contributed by atoms with Gasteiger partial charge in [0.05, 0.1) is 0 Å². The van der Waals surface area contributed by atoms with Crippen molar-refractivity contribution in [2.24, 2.45) is 0 Å². The first-order valence-corrected chi connectivity index (χ1v) is 4.50. The largest absolute Gasteiger partial charge is 0.396 e. The molecule has 1 rings (SSSR count). The molecular formula is C8H18N2O2. The maximum absolute atomic E-state index is 8.86. The number of aliphatic hydroxyl groups is 2. The second kappa shape index (κ2) is 4.77. The molecule has 1 aliphatic rings. The first kappa shape index (κ1) is 9.92. The third-order valence-corrected chi connectivity index (χ3v) is 2.45. The molecule has 4 heteroatoms. The topological polar surface area (TPSA) is 64.5 Å².